The molecule has 2 aromatic rings. The Morgan fingerprint density at radius 1 is 1.18 bits per heavy atom. The maximum atomic E-state index is 12.4. The predicted molar refractivity (Wildman–Crippen MR) is 91.9 cm³/mol. The van der Waals surface area contributed by atoms with E-state index in [0.717, 1.165) is 29.5 Å². The Kier molecular flexibility index (Phi) is 4.63. The number of hydrogen-bond acceptors (Lipinski definition) is 4. The van der Waals surface area contributed by atoms with Gasteiger partial charge in [-0.3, -0.25) is 4.79 Å². The third kappa shape index (κ3) is 3.42. The number of thioether (sulfide) groups is 1. The third-order valence-corrected chi connectivity index (χ3v) is 4.45. The Balaban J connectivity index is 1.75. The average molecular weight is 313 g/mol. The van der Waals surface area contributed by atoms with E-state index in [1.807, 2.05) is 42.7 Å². The molecule has 4 nitrogen and oxygen atoms in total. The SMILES string of the molecule is CSc1cccc(NC(=O)c2cccc(N3CCCC3)n2)c1. The van der Waals surface area contributed by atoms with Crippen LogP contribution in [0.4, 0.5) is 11.5 Å². The van der Waals surface area contributed by atoms with E-state index in [9.17, 15) is 4.79 Å². The molecule has 0 atom stereocenters. The number of anilines is 2. The van der Waals surface area contributed by atoms with Crippen molar-refractivity contribution in [3.8, 4) is 0 Å². The molecule has 2 heterocycles. The van der Waals surface area contributed by atoms with Gasteiger partial charge in [-0.1, -0.05) is 12.1 Å². The Morgan fingerprint density at radius 2 is 1.95 bits per heavy atom. The van der Waals surface area contributed by atoms with Crippen molar-refractivity contribution in [3.63, 3.8) is 0 Å². The monoisotopic (exact) mass is 313 g/mol. The van der Waals surface area contributed by atoms with Crippen molar-refractivity contribution in [2.24, 2.45) is 0 Å². The van der Waals surface area contributed by atoms with Gasteiger partial charge in [-0.15, -0.1) is 11.8 Å². The van der Waals surface area contributed by atoms with Gasteiger partial charge in [-0.25, -0.2) is 4.98 Å². The van der Waals surface area contributed by atoms with E-state index in [1.54, 1.807) is 17.8 Å². The Hall–Kier alpha value is -2.01. The molecule has 0 unspecified atom stereocenters. The van der Waals surface area contributed by atoms with Crippen LogP contribution in [0.5, 0.6) is 0 Å². The number of hydrogen-bond donors (Lipinski definition) is 1. The van der Waals surface area contributed by atoms with E-state index in [2.05, 4.69) is 15.2 Å². The topological polar surface area (TPSA) is 45.2 Å². The number of nitrogens with one attached hydrogen (secondary N) is 1. The highest BCUT2D eigenvalue weighted by Gasteiger charge is 2.15. The van der Waals surface area contributed by atoms with Gasteiger partial charge in [0.2, 0.25) is 0 Å². The van der Waals surface area contributed by atoms with E-state index < -0.39 is 0 Å². The van der Waals surface area contributed by atoms with Crippen LogP contribution in [-0.2, 0) is 0 Å². The van der Waals surface area contributed by atoms with Crippen LogP contribution >= 0.6 is 11.8 Å². The Labute approximate surface area is 134 Å². The van der Waals surface area contributed by atoms with Crippen molar-refractivity contribution in [2.75, 3.05) is 29.6 Å². The molecule has 5 heteroatoms. The van der Waals surface area contributed by atoms with Crippen molar-refractivity contribution in [1.29, 1.82) is 0 Å². The van der Waals surface area contributed by atoms with Crippen LogP contribution in [0, 0.1) is 0 Å². The zero-order chi connectivity index (χ0) is 15.4. The van der Waals surface area contributed by atoms with Crippen LogP contribution in [0.15, 0.2) is 47.4 Å². The first-order chi connectivity index (χ1) is 10.8. The number of aromatic nitrogens is 1. The summed E-state index contributed by atoms with van der Waals surface area (Å²) in [6.07, 6.45) is 4.40. The highest BCUT2D eigenvalue weighted by molar-refractivity contribution is 7.98. The summed E-state index contributed by atoms with van der Waals surface area (Å²) in [6.45, 7) is 2.04. The Bertz CT molecular complexity index is 668. The number of nitrogens with zero attached hydrogens (tertiary/aromatic N) is 2. The third-order valence-electron chi connectivity index (χ3n) is 3.72. The summed E-state index contributed by atoms with van der Waals surface area (Å²) >= 11 is 1.65. The number of carbonyl (C=O) groups is 1. The van der Waals surface area contributed by atoms with Gasteiger partial charge in [-0.05, 0) is 49.4 Å². The van der Waals surface area contributed by atoms with Gasteiger partial charge in [0.1, 0.15) is 11.5 Å². The lowest BCUT2D eigenvalue weighted by Crippen LogP contribution is -2.21. The standard InChI is InChI=1S/C17H19N3OS/c1-22-14-7-4-6-13(12-14)18-17(21)15-8-5-9-16(19-15)20-10-2-3-11-20/h4-9,12H,2-3,10-11H2,1H3,(H,18,21). The smallest absolute Gasteiger partial charge is 0.274 e. The summed E-state index contributed by atoms with van der Waals surface area (Å²) in [4.78, 5) is 20.2. The fourth-order valence-electron chi connectivity index (χ4n) is 2.57. The minimum Gasteiger partial charge on any atom is -0.357 e. The normalized spacial score (nSPS) is 14.1. The lowest BCUT2D eigenvalue weighted by molar-refractivity contribution is 0.102. The molecule has 1 saturated heterocycles. The maximum absolute atomic E-state index is 12.4. The number of benzene rings is 1. The van der Waals surface area contributed by atoms with E-state index in [1.165, 1.54) is 12.8 Å². The molecule has 0 aliphatic carbocycles. The summed E-state index contributed by atoms with van der Waals surface area (Å²) in [5.74, 6) is 0.724. The van der Waals surface area contributed by atoms with E-state index >= 15 is 0 Å². The molecule has 0 saturated carbocycles. The molecule has 114 valence electrons. The number of rotatable bonds is 4. The molecule has 3 rings (SSSR count). The molecule has 22 heavy (non-hydrogen) atoms. The van der Waals surface area contributed by atoms with Crippen molar-refractivity contribution in [2.45, 2.75) is 17.7 Å². The summed E-state index contributed by atoms with van der Waals surface area (Å²) < 4.78 is 0. The Morgan fingerprint density at radius 3 is 2.73 bits per heavy atom. The summed E-state index contributed by atoms with van der Waals surface area (Å²) in [5.41, 5.74) is 1.25. The summed E-state index contributed by atoms with van der Waals surface area (Å²) in [5, 5.41) is 2.92. The van der Waals surface area contributed by atoms with E-state index in [0.29, 0.717) is 5.69 Å². The van der Waals surface area contributed by atoms with Gasteiger partial charge in [0.05, 0.1) is 0 Å². The lowest BCUT2D eigenvalue weighted by atomic mass is 10.3. The van der Waals surface area contributed by atoms with Crippen molar-refractivity contribution in [3.05, 3.63) is 48.2 Å². The molecule has 1 amide bonds. The van der Waals surface area contributed by atoms with Gasteiger partial charge in [0, 0.05) is 23.7 Å². The van der Waals surface area contributed by atoms with Crippen LogP contribution < -0.4 is 10.2 Å². The second kappa shape index (κ2) is 6.83. The quantitative estimate of drug-likeness (QED) is 0.875. The van der Waals surface area contributed by atoms with Gasteiger partial charge < -0.3 is 10.2 Å². The minimum absolute atomic E-state index is 0.167. The fourth-order valence-corrected chi connectivity index (χ4v) is 3.03. The number of pyridine rings is 1. The zero-order valence-electron chi connectivity index (χ0n) is 12.6. The second-order valence-corrected chi connectivity index (χ2v) is 6.14. The molecule has 0 bridgehead atoms. The zero-order valence-corrected chi connectivity index (χ0v) is 13.4. The summed E-state index contributed by atoms with van der Waals surface area (Å²) in [7, 11) is 0. The van der Waals surface area contributed by atoms with Crippen molar-refractivity contribution >= 4 is 29.2 Å². The van der Waals surface area contributed by atoms with Crippen LogP contribution in [0.1, 0.15) is 23.3 Å². The second-order valence-electron chi connectivity index (χ2n) is 5.26. The van der Waals surface area contributed by atoms with Crippen LogP contribution in [-0.4, -0.2) is 30.2 Å². The van der Waals surface area contributed by atoms with Crippen LogP contribution in [0.2, 0.25) is 0 Å². The van der Waals surface area contributed by atoms with Gasteiger partial charge in [0.15, 0.2) is 0 Å². The lowest BCUT2D eigenvalue weighted by Gasteiger charge is -2.16. The number of amides is 1. The van der Waals surface area contributed by atoms with Crippen molar-refractivity contribution < 1.29 is 4.79 Å². The molecule has 1 aliphatic rings. The average Bonchev–Trinajstić information content (AvgIpc) is 3.09. The predicted octanol–water partition coefficient (Wildman–Crippen LogP) is 3.66. The first-order valence-corrected chi connectivity index (χ1v) is 8.66. The molecule has 0 spiro atoms. The maximum Gasteiger partial charge on any atom is 0.274 e. The van der Waals surface area contributed by atoms with Gasteiger partial charge in [-0.2, -0.15) is 0 Å². The number of carbonyl (C=O) groups excluding carboxylic acids is 1. The molecular formula is C17H19N3OS. The molecule has 1 aliphatic heterocycles. The molecule has 1 N–H and O–H groups in total. The molecule has 0 radical (unpaired) electrons. The largest absolute Gasteiger partial charge is 0.357 e. The highest BCUT2D eigenvalue weighted by atomic mass is 32.2. The molecule has 1 aromatic heterocycles. The van der Waals surface area contributed by atoms with E-state index in [4.69, 9.17) is 0 Å². The van der Waals surface area contributed by atoms with Gasteiger partial charge in [0.25, 0.3) is 5.91 Å². The first-order valence-electron chi connectivity index (χ1n) is 7.44. The van der Waals surface area contributed by atoms with Crippen molar-refractivity contribution in [1.82, 2.24) is 4.98 Å². The first kappa shape index (κ1) is 14.9. The molecule has 1 fully saturated rings. The van der Waals surface area contributed by atoms with Crippen LogP contribution in [0.3, 0.4) is 0 Å². The van der Waals surface area contributed by atoms with E-state index in [-0.39, 0.29) is 5.91 Å². The van der Waals surface area contributed by atoms with Crippen LogP contribution in [0.25, 0.3) is 0 Å². The minimum atomic E-state index is -0.167. The van der Waals surface area contributed by atoms with Gasteiger partial charge >= 0.3 is 0 Å². The molecule has 1 aromatic carbocycles. The molecular weight excluding hydrogens is 294 g/mol. The highest BCUT2D eigenvalue weighted by Crippen LogP contribution is 2.20. The fraction of sp³-hybridized carbons (Fsp3) is 0.294. The summed E-state index contributed by atoms with van der Waals surface area (Å²) in [6, 6.07) is 13.4.